The van der Waals surface area contributed by atoms with Crippen molar-refractivity contribution in [1.29, 1.82) is 5.26 Å². The summed E-state index contributed by atoms with van der Waals surface area (Å²) in [6, 6.07) is 14.0. The highest BCUT2D eigenvalue weighted by atomic mass is 79.9. The lowest BCUT2D eigenvalue weighted by molar-refractivity contribution is -0.117. The maximum Gasteiger partial charge on any atom is 0.238 e. The van der Waals surface area contributed by atoms with E-state index in [-0.39, 0.29) is 18.4 Å². The molecule has 2 aromatic carbocycles. The van der Waals surface area contributed by atoms with Crippen molar-refractivity contribution >= 4 is 33.5 Å². The molecule has 0 bridgehead atoms. The van der Waals surface area contributed by atoms with Gasteiger partial charge in [0.2, 0.25) is 17.7 Å². The fourth-order valence-electron chi connectivity index (χ4n) is 4.29. The molecule has 1 fully saturated rings. The SMILES string of the molecule is Cc1cc(C#N)cc(C)c1Oc1nc(NC2CCN(c3cccc(CC(N)=O)c3)CC2)ncc1Br. The first-order chi connectivity index (χ1) is 16.8. The zero-order valence-corrected chi connectivity index (χ0v) is 21.3. The number of carbonyl (C=O) groups is 1. The number of halogens is 1. The number of piperidine rings is 1. The number of aryl methyl sites for hydroxylation is 2. The fraction of sp³-hybridized carbons (Fsp3) is 0.308. The maximum atomic E-state index is 11.2. The Hall–Kier alpha value is -3.64. The predicted molar refractivity (Wildman–Crippen MR) is 139 cm³/mol. The zero-order chi connectivity index (χ0) is 24.9. The van der Waals surface area contributed by atoms with Gasteiger partial charge < -0.3 is 20.7 Å². The topological polar surface area (TPSA) is 117 Å². The molecule has 1 aliphatic rings. The largest absolute Gasteiger partial charge is 0.437 e. The number of ether oxygens (including phenoxy) is 1. The summed E-state index contributed by atoms with van der Waals surface area (Å²) in [4.78, 5) is 22.6. The molecule has 0 saturated carbocycles. The molecule has 8 nitrogen and oxygen atoms in total. The Labute approximate surface area is 213 Å². The lowest BCUT2D eigenvalue weighted by atomic mass is 10.0. The second-order valence-corrected chi connectivity index (χ2v) is 9.57. The third-order valence-electron chi connectivity index (χ3n) is 5.98. The van der Waals surface area contributed by atoms with Crippen LogP contribution in [0.1, 0.15) is 35.1 Å². The van der Waals surface area contributed by atoms with E-state index in [9.17, 15) is 10.1 Å². The van der Waals surface area contributed by atoms with Crippen molar-refractivity contribution in [3.05, 3.63) is 69.3 Å². The molecule has 2 heterocycles. The number of nitrogens with one attached hydrogen (secondary N) is 1. The number of carbonyl (C=O) groups excluding carboxylic acids is 1. The molecule has 1 aromatic heterocycles. The molecule has 0 unspecified atom stereocenters. The van der Waals surface area contributed by atoms with E-state index < -0.39 is 0 Å². The number of primary amides is 1. The number of nitrogens with two attached hydrogens (primary N) is 1. The van der Waals surface area contributed by atoms with Gasteiger partial charge >= 0.3 is 0 Å². The molecule has 0 aliphatic carbocycles. The molecule has 4 rings (SSSR count). The molecule has 3 N–H and O–H groups in total. The Kier molecular flexibility index (Phi) is 7.51. The predicted octanol–water partition coefficient (Wildman–Crippen LogP) is 4.63. The van der Waals surface area contributed by atoms with Gasteiger partial charge in [0.05, 0.1) is 28.7 Å². The van der Waals surface area contributed by atoms with Crippen molar-refractivity contribution in [2.24, 2.45) is 5.73 Å². The highest BCUT2D eigenvalue weighted by Gasteiger charge is 2.21. The Morgan fingerprint density at radius 2 is 1.97 bits per heavy atom. The molecular weight excluding hydrogens is 508 g/mol. The number of amides is 1. The van der Waals surface area contributed by atoms with Gasteiger partial charge in [-0.2, -0.15) is 10.2 Å². The summed E-state index contributed by atoms with van der Waals surface area (Å²) in [6.45, 7) is 5.58. The van der Waals surface area contributed by atoms with E-state index in [0.29, 0.717) is 27.6 Å². The first kappa shape index (κ1) is 24.5. The molecular formula is C26H27BrN6O2. The average molecular weight is 535 g/mol. The number of nitriles is 1. The van der Waals surface area contributed by atoms with Crippen LogP contribution in [-0.4, -0.2) is 35.0 Å². The van der Waals surface area contributed by atoms with Crippen LogP contribution in [0.15, 0.2) is 47.1 Å². The van der Waals surface area contributed by atoms with Gasteiger partial charge in [0.15, 0.2) is 0 Å². The van der Waals surface area contributed by atoms with Crippen molar-refractivity contribution in [2.75, 3.05) is 23.3 Å². The van der Waals surface area contributed by atoms with Crippen LogP contribution < -0.4 is 20.7 Å². The van der Waals surface area contributed by atoms with Crippen LogP contribution in [0.2, 0.25) is 0 Å². The number of nitrogens with zero attached hydrogens (tertiary/aromatic N) is 4. The van der Waals surface area contributed by atoms with Gasteiger partial charge in [0, 0.05) is 24.8 Å². The number of hydrogen-bond donors (Lipinski definition) is 2. The summed E-state index contributed by atoms with van der Waals surface area (Å²) in [5, 5.41) is 12.6. The van der Waals surface area contributed by atoms with E-state index in [0.717, 1.165) is 48.3 Å². The highest BCUT2D eigenvalue weighted by molar-refractivity contribution is 9.10. The summed E-state index contributed by atoms with van der Waals surface area (Å²) < 4.78 is 6.77. The van der Waals surface area contributed by atoms with Gasteiger partial charge in [0.25, 0.3) is 0 Å². The third kappa shape index (κ3) is 6.08. The van der Waals surface area contributed by atoms with Crippen molar-refractivity contribution in [3.8, 4) is 17.7 Å². The van der Waals surface area contributed by atoms with E-state index in [1.165, 1.54) is 0 Å². The number of aromatic nitrogens is 2. The Balaban J connectivity index is 1.40. The lowest BCUT2D eigenvalue weighted by Gasteiger charge is -2.34. The second-order valence-electron chi connectivity index (χ2n) is 8.72. The van der Waals surface area contributed by atoms with Crippen LogP contribution >= 0.6 is 15.9 Å². The fourth-order valence-corrected chi connectivity index (χ4v) is 4.57. The molecule has 9 heteroatoms. The van der Waals surface area contributed by atoms with Crippen LogP contribution in [0, 0.1) is 25.2 Å². The number of rotatable bonds is 7. The smallest absolute Gasteiger partial charge is 0.238 e. The normalized spacial score (nSPS) is 13.8. The Bertz CT molecular complexity index is 1260. The minimum Gasteiger partial charge on any atom is -0.437 e. The number of benzene rings is 2. The van der Waals surface area contributed by atoms with E-state index >= 15 is 0 Å². The van der Waals surface area contributed by atoms with Crippen LogP contribution in [0.4, 0.5) is 11.6 Å². The van der Waals surface area contributed by atoms with Crippen LogP contribution in [-0.2, 0) is 11.2 Å². The molecule has 35 heavy (non-hydrogen) atoms. The van der Waals surface area contributed by atoms with Crippen LogP contribution in [0.5, 0.6) is 11.6 Å². The van der Waals surface area contributed by atoms with Crippen LogP contribution in [0.25, 0.3) is 0 Å². The van der Waals surface area contributed by atoms with Crippen molar-refractivity contribution in [2.45, 2.75) is 39.2 Å². The Morgan fingerprint density at radius 1 is 1.26 bits per heavy atom. The van der Waals surface area contributed by atoms with Crippen molar-refractivity contribution < 1.29 is 9.53 Å². The van der Waals surface area contributed by atoms with Crippen molar-refractivity contribution in [3.63, 3.8) is 0 Å². The third-order valence-corrected chi connectivity index (χ3v) is 6.53. The van der Waals surface area contributed by atoms with Gasteiger partial charge in [-0.3, -0.25) is 4.79 Å². The number of anilines is 2. The van der Waals surface area contributed by atoms with Gasteiger partial charge in [-0.25, -0.2) is 4.98 Å². The lowest BCUT2D eigenvalue weighted by Crippen LogP contribution is -2.39. The Morgan fingerprint density at radius 3 is 2.63 bits per heavy atom. The molecule has 1 saturated heterocycles. The van der Waals surface area contributed by atoms with Gasteiger partial charge in [0.1, 0.15) is 5.75 Å². The highest BCUT2D eigenvalue weighted by Crippen LogP contribution is 2.33. The van der Waals surface area contributed by atoms with E-state index in [1.807, 2.05) is 32.0 Å². The van der Waals surface area contributed by atoms with Gasteiger partial charge in [-0.1, -0.05) is 12.1 Å². The summed E-state index contributed by atoms with van der Waals surface area (Å²) in [7, 11) is 0. The zero-order valence-electron chi connectivity index (χ0n) is 19.7. The van der Waals surface area contributed by atoms with Crippen molar-refractivity contribution in [1.82, 2.24) is 9.97 Å². The summed E-state index contributed by atoms with van der Waals surface area (Å²) >= 11 is 3.48. The summed E-state index contributed by atoms with van der Waals surface area (Å²) in [5.74, 6) is 1.28. The summed E-state index contributed by atoms with van der Waals surface area (Å²) in [5.41, 5.74) is 9.71. The molecule has 1 aliphatic heterocycles. The maximum absolute atomic E-state index is 11.2. The molecule has 0 atom stereocenters. The molecule has 3 aromatic rings. The monoisotopic (exact) mass is 534 g/mol. The van der Waals surface area contributed by atoms with E-state index in [4.69, 9.17) is 10.5 Å². The summed E-state index contributed by atoms with van der Waals surface area (Å²) in [6.07, 6.45) is 3.77. The minimum absolute atomic E-state index is 0.229. The van der Waals surface area contributed by atoms with E-state index in [1.54, 1.807) is 18.3 Å². The van der Waals surface area contributed by atoms with Gasteiger partial charge in [-0.15, -0.1) is 0 Å². The standard InChI is InChI=1S/C26H27BrN6O2/c1-16-10-19(14-28)11-17(2)24(16)35-25-22(27)15-30-26(32-25)31-20-6-8-33(9-7-20)21-5-3-4-18(12-21)13-23(29)34/h3-5,10-12,15,20H,6-9,13H2,1-2H3,(H2,29,34)(H,30,31,32). The molecule has 180 valence electrons. The molecule has 1 amide bonds. The average Bonchev–Trinajstić information content (AvgIpc) is 2.83. The first-order valence-electron chi connectivity index (χ1n) is 11.4. The quantitative estimate of drug-likeness (QED) is 0.453. The molecule has 0 spiro atoms. The van der Waals surface area contributed by atoms with Crippen LogP contribution in [0.3, 0.4) is 0 Å². The second kappa shape index (κ2) is 10.7. The van der Waals surface area contributed by atoms with E-state index in [2.05, 4.69) is 48.3 Å². The van der Waals surface area contributed by atoms with Gasteiger partial charge in [-0.05, 0) is 83.6 Å². The minimum atomic E-state index is -0.326. The molecule has 0 radical (unpaired) electrons. The first-order valence-corrected chi connectivity index (χ1v) is 12.2. The number of hydrogen-bond acceptors (Lipinski definition) is 7.